The number of hydrogen-bond donors (Lipinski definition) is 0. The van der Waals surface area contributed by atoms with E-state index in [0.717, 1.165) is 0 Å². The minimum absolute atomic E-state index is 0.121. The molecule has 0 N–H and O–H groups in total. The molecular formula is C15H15S+. The number of hydrogen-bond acceptors (Lipinski definition) is 0. The van der Waals surface area contributed by atoms with Gasteiger partial charge < -0.3 is 0 Å². The first-order valence-corrected chi connectivity index (χ1v) is 6.88. The lowest BCUT2D eigenvalue weighted by molar-refractivity contribution is 1.36. The van der Waals surface area contributed by atoms with Gasteiger partial charge in [-0.2, -0.15) is 0 Å². The molecule has 0 nitrogen and oxygen atoms in total. The Kier molecular flexibility index (Phi) is 3.47. The van der Waals surface area contributed by atoms with Crippen LogP contribution in [0.4, 0.5) is 0 Å². The average Bonchev–Trinajstić information content (AvgIpc) is 2.39. The zero-order chi connectivity index (χ0) is 11.4. The van der Waals surface area contributed by atoms with Crippen molar-refractivity contribution in [1.29, 1.82) is 0 Å². The maximum absolute atomic E-state index is 3.87. The molecule has 0 aliphatic rings. The smallest absolute Gasteiger partial charge is 0.0983 e. The second kappa shape index (κ2) is 5.04. The molecule has 2 aromatic carbocycles. The highest BCUT2D eigenvalue weighted by molar-refractivity contribution is 7.96. The maximum Gasteiger partial charge on any atom is 0.167 e. The topological polar surface area (TPSA) is 0 Å². The molecule has 0 bridgehead atoms. The normalized spacial score (nSPS) is 12.1. The molecule has 0 saturated carbocycles. The molecule has 0 aromatic heterocycles. The molecule has 1 atom stereocenters. The molecule has 0 heterocycles. The van der Waals surface area contributed by atoms with Gasteiger partial charge in [-0.3, -0.25) is 0 Å². The maximum atomic E-state index is 3.87. The van der Waals surface area contributed by atoms with Crippen LogP contribution in [0, 0.1) is 0 Å². The third kappa shape index (κ3) is 2.20. The van der Waals surface area contributed by atoms with Crippen LogP contribution in [0.3, 0.4) is 0 Å². The molecular weight excluding hydrogens is 212 g/mol. The fourth-order valence-electron chi connectivity index (χ4n) is 1.68. The van der Waals surface area contributed by atoms with Crippen LogP contribution in [0.15, 0.2) is 71.0 Å². The third-order valence-electron chi connectivity index (χ3n) is 2.57. The summed E-state index contributed by atoms with van der Waals surface area (Å²) in [5.41, 5.74) is 1.23. The van der Waals surface area contributed by atoms with Gasteiger partial charge in [0, 0.05) is 5.56 Å². The first-order chi connectivity index (χ1) is 7.83. The van der Waals surface area contributed by atoms with E-state index in [1.807, 2.05) is 6.08 Å². The van der Waals surface area contributed by atoms with E-state index in [1.54, 1.807) is 0 Å². The number of benzene rings is 2. The second-order valence-electron chi connectivity index (χ2n) is 3.57. The second-order valence-corrected chi connectivity index (χ2v) is 5.50. The molecule has 0 aliphatic carbocycles. The summed E-state index contributed by atoms with van der Waals surface area (Å²) in [4.78, 5) is 2.74. The summed E-state index contributed by atoms with van der Waals surface area (Å²) in [5.74, 6) is 0. The summed E-state index contributed by atoms with van der Waals surface area (Å²) >= 11 is 0. The number of rotatable bonds is 3. The van der Waals surface area contributed by atoms with Crippen molar-refractivity contribution in [3.8, 4) is 0 Å². The quantitative estimate of drug-likeness (QED) is 0.695. The van der Waals surface area contributed by atoms with Gasteiger partial charge >= 0.3 is 0 Å². The fraction of sp³-hybridized carbons (Fsp3) is 0.0667. The highest BCUT2D eigenvalue weighted by Crippen LogP contribution is 2.24. The monoisotopic (exact) mass is 227 g/mol. The Labute approximate surface area is 100.0 Å². The van der Waals surface area contributed by atoms with Crippen molar-refractivity contribution in [2.75, 3.05) is 6.26 Å². The molecule has 0 aliphatic heterocycles. The molecule has 1 unspecified atom stereocenters. The predicted molar refractivity (Wildman–Crippen MR) is 72.8 cm³/mol. The Morgan fingerprint density at radius 2 is 1.56 bits per heavy atom. The first-order valence-electron chi connectivity index (χ1n) is 5.25. The van der Waals surface area contributed by atoms with Crippen LogP contribution in [-0.4, -0.2) is 6.26 Å². The fourth-order valence-corrected chi connectivity index (χ4v) is 3.29. The van der Waals surface area contributed by atoms with Gasteiger partial charge in [-0.05, 0) is 24.3 Å². The SMILES string of the molecule is C=Cc1ccccc1[S+](C)c1ccccc1. The zero-order valence-corrected chi connectivity index (χ0v) is 10.2. The predicted octanol–water partition coefficient (Wildman–Crippen LogP) is 4.00. The summed E-state index contributed by atoms with van der Waals surface area (Å²) in [5, 5.41) is 0. The Morgan fingerprint density at radius 1 is 0.938 bits per heavy atom. The van der Waals surface area contributed by atoms with E-state index in [9.17, 15) is 0 Å². The van der Waals surface area contributed by atoms with Crippen LogP contribution in [0.2, 0.25) is 0 Å². The minimum Gasteiger partial charge on any atom is -0.0983 e. The van der Waals surface area contributed by atoms with E-state index in [4.69, 9.17) is 0 Å². The van der Waals surface area contributed by atoms with E-state index in [-0.39, 0.29) is 10.9 Å². The van der Waals surface area contributed by atoms with Crippen LogP contribution in [0.25, 0.3) is 6.08 Å². The Balaban J connectivity index is 2.41. The molecule has 2 rings (SSSR count). The summed E-state index contributed by atoms with van der Waals surface area (Å²) in [6.45, 7) is 3.87. The minimum atomic E-state index is 0.121. The van der Waals surface area contributed by atoms with Crippen LogP contribution < -0.4 is 0 Å². The molecule has 0 fully saturated rings. The van der Waals surface area contributed by atoms with Crippen molar-refractivity contribution in [3.05, 3.63) is 66.7 Å². The lowest BCUT2D eigenvalue weighted by atomic mass is 10.2. The summed E-state index contributed by atoms with van der Waals surface area (Å²) in [6.07, 6.45) is 4.19. The van der Waals surface area contributed by atoms with Crippen molar-refractivity contribution in [2.24, 2.45) is 0 Å². The summed E-state index contributed by atoms with van der Waals surface area (Å²) in [7, 11) is 0.121. The van der Waals surface area contributed by atoms with Gasteiger partial charge in [-0.25, -0.2) is 0 Å². The lowest BCUT2D eigenvalue weighted by Crippen LogP contribution is -2.02. The van der Waals surface area contributed by atoms with E-state index in [2.05, 4.69) is 67.4 Å². The third-order valence-corrected chi connectivity index (χ3v) is 4.58. The largest absolute Gasteiger partial charge is 0.167 e. The van der Waals surface area contributed by atoms with Gasteiger partial charge in [0.25, 0.3) is 0 Å². The van der Waals surface area contributed by atoms with E-state index in [0.29, 0.717) is 0 Å². The van der Waals surface area contributed by atoms with Crippen molar-refractivity contribution >= 4 is 17.0 Å². The van der Waals surface area contributed by atoms with Crippen molar-refractivity contribution in [2.45, 2.75) is 9.79 Å². The van der Waals surface area contributed by atoms with Crippen molar-refractivity contribution in [3.63, 3.8) is 0 Å². The molecule has 0 radical (unpaired) electrons. The van der Waals surface area contributed by atoms with Crippen LogP contribution in [-0.2, 0) is 10.9 Å². The zero-order valence-electron chi connectivity index (χ0n) is 9.39. The lowest BCUT2D eigenvalue weighted by Gasteiger charge is -2.05. The summed E-state index contributed by atoms with van der Waals surface area (Å²) in [6, 6.07) is 19.1. The highest BCUT2D eigenvalue weighted by atomic mass is 32.2. The van der Waals surface area contributed by atoms with E-state index < -0.39 is 0 Å². The van der Waals surface area contributed by atoms with Crippen LogP contribution >= 0.6 is 0 Å². The van der Waals surface area contributed by atoms with Gasteiger partial charge in [-0.15, -0.1) is 0 Å². The van der Waals surface area contributed by atoms with Crippen molar-refractivity contribution < 1.29 is 0 Å². The van der Waals surface area contributed by atoms with E-state index in [1.165, 1.54) is 15.4 Å². The van der Waals surface area contributed by atoms with Crippen molar-refractivity contribution in [1.82, 2.24) is 0 Å². The molecule has 80 valence electrons. The molecule has 2 aromatic rings. The Morgan fingerprint density at radius 3 is 2.25 bits per heavy atom. The Bertz CT molecular complexity index is 474. The Hall–Kier alpha value is -1.47. The van der Waals surface area contributed by atoms with Gasteiger partial charge in [0.05, 0.1) is 10.9 Å². The molecule has 0 saturated heterocycles. The van der Waals surface area contributed by atoms with Crippen LogP contribution in [0.5, 0.6) is 0 Å². The van der Waals surface area contributed by atoms with Gasteiger partial charge in [-0.1, -0.05) is 43.0 Å². The standard InChI is InChI=1S/C15H15S/c1-3-13-9-7-8-12-15(13)16(2)14-10-5-4-6-11-14/h3-12H,1H2,2H3/q+1. The average molecular weight is 227 g/mol. The van der Waals surface area contributed by atoms with E-state index >= 15 is 0 Å². The van der Waals surface area contributed by atoms with Gasteiger partial charge in [0.2, 0.25) is 0 Å². The molecule has 0 spiro atoms. The highest BCUT2D eigenvalue weighted by Gasteiger charge is 2.20. The summed E-state index contributed by atoms with van der Waals surface area (Å²) < 4.78 is 0. The van der Waals surface area contributed by atoms with Gasteiger partial charge in [0.1, 0.15) is 6.26 Å². The molecule has 0 amide bonds. The molecule has 1 heteroatoms. The first kappa shape index (κ1) is 11.0. The van der Waals surface area contributed by atoms with Crippen LogP contribution in [0.1, 0.15) is 5.56 Å². The molecule has 16 heavy (non-hydrogen) atoms. The van der Waals surface area contributed by atoms with Gasteiger partial charge in [0.15, 0.2) is 9.79 Å².